The SMILES string of the molecule is C=C([C@@H]1CCCCN1C(=O)OC(C)(C)C)N1CCN(C(c2ccc(F)cc2F)c2ccc(F)cc2F)CC1. The molecule has 9 heteroatoms. The molecule has 4 rings (SSSR count). The van der Waals surface area contributed by atoms with Crippen LogP contribution in [0.3, 0.4) is 0 Å². The van der Waals surface area contributed by atoms with Gasteiger partial charge in [0.05, 0.1) is 12.1 Å². The number of benzene rings is 2. The van der Waals surface area contributed by atoms with E-state index in [-0.39, 0.29) is 23.3 Å². The maximum absolute atomic E-state index is 14.9. The lowest BCUT2D eigenvalue weighted by Gasteiger charge is -2.45. The molecule has 0 N–H and O–H groups in total. The fraction of sp³-hybridized carbons (Fsp3) is 0.483. The summed E-state index contributed by atoms with van der Waals surface area (Å²) < 4.78 is 62.7. The van der Waals surface area contributed by atoms with E-state index >= 15 is 0 Å². The number of piperazine rings is 1. The zero-order chi connectivity index (χ0) is 27.6. The van der Waals surface area contributed by atoms with Crippen molar-refractivity contribution in [3.05, 3.63) is 83.1 Å². The summed E-state index contributed by atoms with van der Waals surface area (Å²) in [6.45, 7) is 12.3. The zero-order valence-corrected chi connectivity index (χ0v) is 22.2. The first-order chi connectivity index (χ1) is 17.9. The molecule has 0 bridgehead atoms. The molecule has 2 aliphatic heterocycles. The van der Waals surface area contributed by atoms with Gasteiger partial charge in [0.15, 0.2) is 0 Å². The molecule has 2 aromatic rings. The van der Waals surface area contributed by atoms with Crippen LogP contribution in [0.5, 0.6) is 0 Å². The van der Waals surface area contributed by atoms with Crippen LogP contribution in [0.15, 0.2) is 48.7 Å². The predicted octanol–water partition coefficient (Wildman–Crippen LogP) is 6.25. The molecule has 0 aliphatic carbocycles. The third kappa shape index (κ3) is 6.31. The van der Waals surface area contributed by atoms with Crippen LogP contribution in [0.2, 0.25) is 0 Å². The molecule has 1 atom stereocenters. The van der Waals surface area contributed by atoms with Crippen molar-refractivity contribution >= 4 is 6.09 Å². The number of carbonyl (C=O) groups is 1. The first-order valence-electron chi connectivity index (χ1n) is 13.0. The van der Waals surface area contributed by atoms with Crippen LogP contribution in [0.4, 0.5) is 22.4 Å². The molecule has 2 saturated heterocycles. The van der Waals surface area contributed by atoms with Gasteiger partial charge in [0, 0.05) is 61.7 Å². The maximum atomic E-state index is 14.9. The average molecular weight is 534 g/mol. The topological polar surface area (TPSA) is 36.0 Å². The van der Waals surface area contributed by atoms with E-state index in [0.29, 0.717) is 32.7 Å². The quantitative estimate of drug-likeness (QED) is 0.426. The second kappa shape index (κ2) is 11.4. The van der Waals surface area contributed by atoms with Crippen molar-refractivity contribution < 1.29 is 27.1 Å². The van der Waals surface area contributed by atoms with Crippen molar-refractivity contribution in [3.8, 4) is 0 Å². The lowest BCUT2D eigenvalue weighted by atomic mass is 9.94. The van der Waals surface area contributed by atoms with Gasteiger partial charge in [-0.3, -0.25) is 9.80 Å². The van der Waals surface area contributed by atoms with Crippen LogP contribution < -0.4 is 0 Å². The van der Waals surface area contributed by atoms with Crippen molar-refractivity contribution in [1.29, 1.82) is 0 Å². The molecule has 0 unspecified atom stereocenters. The summed E-state index contributed by atoms with van der Waals surface area (Å²) in [5.41, 5.74) is 0.444. The van der Waals surface area contributed by atoms with Crippen molar-refractivity contribution in [1.82, 2.24) is 14.7 Å². The molecule has 2 aliphatic rings. The molecular formula is C29H35F4N3O2. The second-order valence-corrected chi connectivity index (χ2v) is 10.9. The van der Waals surface area contributed by atoms with Gasteiger partial charge in [-0.2, -0.15) is 0 Å². The maximum Gasteiger partial charge on any atom is 0.410 e. The molecule has 0 aromatic heterocycles. The number of amides is 1. The number of ether oxygens (including phenoxy) is 1. The van der Waals surface area contributed by atoms with E-state index in [1.165, 1.54) is 12.1 Å². The van der Waals surface area contributed by atoms with E-state index in [2.05, 4.69) is 11.5 Å². The normalized spacial score (nSPS) is 19.1. The van der Waals surface area contributed by atoms with E-state index in [1.54, 1.807) is 4.90 Å². The standard InChI is InChI=1S/C29H35F4N3O2/c1-19(26-7-5-6-12-36(26)28(37)38-29(2,3)4)34-13-15-35(16-14-34)27(22-10-8-20(30)17-24(22)32)23-11-9-21(31)18-25(23)33/h8-11,17-18,26-27H,1,5-7,12-16H2,2-4H3/t26-/m0/s1. The van der Waals surface area contributed by atoms with Gasteiger partial charge in [-0.25, -0.2) is 22.4 Å². The molecule has 2 aromatic carbocycles. The lowest BCUT2D eigenvalue weighted by molar-refractivity contribution is 0.00942. The Bertz CT molecular complexity index is 1120. The van der Waals surface area contributed by atoms with Gasteiger partial charge in [-0.05, 0) is 52.2 Å². The summed E-state index contributed by atoms with van der Waals surface area (Å²) in [6, 6.07) is 5.39. The van der Waals surface area contributed by atoms with Gasteiger partial charge in [-0.1, -0.05) is 18.7 Å². The number of hydrogen-bond donors (Lipinski definition) is 0. The Balaban J connectivity index is 1.53. The van der Waals surface area contributed by atoms with Gasteiger partial charge in [0.25, 0.3) is 0 Å². The molecule has 5 nitrogen and oxygen atoms in total. The Morgan fingerprint density at radius 1 is 0.895 bits per heavy atom. The van der Waals surface area contributed by atoms with E-state index in [4.69, 9.17) is 4.74 Å². The van der Waals surface area contributed by atoms with E-state index < -0.39 is 34.9 Å². The number of likely N-dealkylation sites (tertiary alicyclic amines) is 1. The number of hydrogen-bond acceptors (Lipinski definition) is 4. The summed E-state index contributed by atoms with van der Waals surface area (Å²) in [5.74, 6) is -3.04. The van der Waals surface area contributed by atoms with Gasteiger partial charge < -0.3 is 9.64 Å². The Morgan fingerprint density at radius 2 is 1.45 bits per heavy atom. The summed E-state index contributed by atoms with van der Waals surface area (Å²) in [7, 11) is 0. The summed E-state index contributed by atoms with van der Waals surface area (Å²) in [6.07, 6.45) is 2.28. The van der Waals surface area contributed by atoms with Gasteiger partial charge in [0.2, 0.25) is 0 Å². The molecular weight excluding hydrogens is 498 g/mol. The number of nitrogens with zero attached hydrogens (tertiary/aromatic N) is 3. The molecule has 1 amide bonds. The minimum Gasteiger partial charge on any atom is -0.444 e. The number of carbonyl (C=O) groups excluding carboxylic acids is 1. The van der Waals surface area contributed by atoms with E-state index in [9.17, 15) is 22.4 Å². The summed E-state index contributed by atoms with van der Waals surface area (Å²) >= 11 is 0. The monoisotopic (exact) mass is 533 g/mol. The van der Waals surface area contributed by atoms with Gasteiger partial charge in [0.1, 0.15) is 28.9 Å². The molecule has 38 heavy (non-hydrogen) atoms. The molecule has 0 saturated carbocycles. The first-order valence-corrected chi connectivity index (χ1v) is 13.0. The lowest BCUT2D eigenvalue weighted by Crippen LogP contribution is -2.53. The molecule has 2 fully saturated rings. The fourth-order valence-corrected chi connectivity index (χ4v) is 5.30. The summed E-state index contributed by atoms with van der Waals surface area (Å²) in [4.78, 5) is 18.6. The van der Waals surface area contributed by atoms with Crippen molar-refractivity contribution in [2.24, 2.45) is 0 Å². The Morgan fingerprint density at radius 3 is 1.95 bits per heavy atom. The van der Waals surface area contributed by atoms with Crippen LogP contribution in [-0.4, -0.2) is 65.2 Å². The van der Waals surface area contributed by atoms with E-state index in [0.717, 1.165) is 49.2 Å². The van der Waals surface area contributed by atoms with Crippen LogP contribution in [0, 0.1) is 23.3 Å². The van der Waals surface area contributed by atoms with Crippen molar-refractivity contribution in [3.63, 3.8) is 0 Å². The van der Waals surface area contributed by atoms with Crippen LogP contribution >= 0.6 is 0 Å². The Labute approximate surface area is 221 Å². The Kier molecular flexibility index (Phi) is 8.35. The smallest absolute Gasteiger partial charge is 0.410 e. The van der Waals surface area contributed by atoms with Crippen molar-refractivity contribution in [2.45, 2.75) is 57.7 Å². The number of piperidine rings is 1. The van der Waals surface area contributed by atoms with E-state index in [1.807, 2.05) is 25.7 Å². The largest absolute Gasteiger partial charge is 0.444 e. The third-order valence-electron chi connectivity index (χ3n) is 7.12. The van der Waals surface area contributed by atoms with Gasteiger partial charge >= 0.3 is 6.09 Å². The minimum atomic E-state index is -0.862. The number of rotatable bonds is 5. The molecule has 206 valence electrons. The van der Waals surface area contributed by atoms with Crippen LogP contribution in [0.1, 0.15) is 57.2 Å². The highest BCUT2D eigenvalue weighted by Gasteiger charge is 2.36. The van der Waals surface area contributed by atoms with Crippen molar-refractivity contribution in [2.75, 3.05) is 32.7 Å². The highest BCUT2D eigenvalue weighted by molar-refractivity contribution is 5.69. The highest BCUT2D eigenvalue weighted by atomic mass is 19.1. The van der Waals surface area contributed by atoms with Crippen LogP contribution in [0.25, 0.3) is 0 Å². The highest BCUT2D eigenvalue weighted by Crippen LogP contribution is 2.35. The number of halogens is 4. The Hall–Kier alpha value is -3.07. The third-order valence-corrected chi connectivity index (χ3v) is 7.12. The predicted molar refractivity (Wildman–Crippen MR) is 137 cm³/mol. The van der Waals surface area contributed by atoms with Gasteiger partial charge in [-0.15, -0.1) is 0 Å². The molecule has 0 spiro atoms. The molecule has 2 heterocycles. The zero-order valence-electron chi connectivity index (χ0n) is 22.2. The average Bonchev–Trinajstić information content (AvgIpc) is 2.85. The first kappa shape index (κ1) is 28.0. The second-order valence-electron chi connectivity index (χ2n) is 10.9. The minimum absolute atomic E-state index is 0.118. The summed E-state index contributed by atoms with van der Waals surface area (Å²) in [5, 5.41) is 0. The molecule has 0 radical (unpaired) electrons. The fourth-order valence-electron chi connectivity index (χ4n) is 5.30. The van der Waals surface area contributed by atoms with Crippen LogP contribution in [-0.2, 0) is 4.74 Å².